The van der Waals surface area contributed by atoms with E-state index in [-0.39, 0.29) is 6.10 Å². The van der Waals surface area contributed by atoms with Crippen molar-refractivity contribution in [2.75, 3.05) is 18.0 Å². The molecule has 0 aliphatic carbocycles. The smallest absolute Gasteiger partial charge is 0.337 e. The maximum Gasteiger partial charge on any atom is 0.337 e. The monoisotopic (exact) mass is 531 g/mol. The second-order valence-corrected chi connectivity index (χ2v) is 12.2. The number of nitrogens with zero attached hydrogens (tertiary/aromatic N) is 3. The molecule has 0 radical (unpaired) electrons. The normalized spacial score (nSPS) is 16.9. The average molecular weight is 532 g/mol. The Balaban J connectivity index is 1.73. The van der Waals surface area contributed by atoms with Crippen molar-refractivity contribution in [3.05, 3.63) is 71.7 Å². The van der Waals surface area contributed by atoms with E-state index in [0.29, 0.717) is 22.4 Å². The van der Waals surface area contributed by atoms with Crippen LogP contribution < -0.4 is 9.64 Å². The molecular formula is C32H41N3O4. The van der Waals surface area contributed by atoms with Crippen LogP contribution >= 0.6 is 0 Å². The van der Waals surface area contributed by atoms with Gasteiger partial charge in [0, 0.05) is 36.1 Å². The number of aliphatic carboxylic acids is 1. The van der Waals surface area contributed by atoms with Crippen molar-refractivity contribution in [2.45, 2.75) is 79.1 Å². The molecular weight excluding hydrogens is 490 g/mol. The molecule has 2 atom stereocenters. The summed E-state index contributed by atoms with van der Waals surface area (Å²) in [6.45, 7) is 15.9. The van der Waals surface area contributed by atoms with Crippen molar-refractivity contribution in [3.63, 3.8) is 0 Å². The van der Waals surface area contributed by atoms with Crippen molar-refractivity contribution in [1.29, 1.82) is 0 Å². The third-order valence-electron chi connectivity index (χ3n) is 7.28. The van der Waals surface area contributed by atoms with E-state index in [1.807, 2.05) is 58.0 Å². The highest BCUT2D eigenvalue weighted by Gasteiger charge is 2.30. The van der Waals surface area contributed by atoms with Gasteiger partial charge in [-0.1, -0.05) is 44.2 Å². The van der Waals surface area contributed by atoms with Gasteiger partial charge in [-0.2, -0.15) is 0 Å². The highest BCUT2D eigenvalue weighted by molar-refractivity contribution is 5.76. The first-order valence-electron chi connectivity index (χ1n) is 13.7. The summed E-state index contributed by atoms with van der Waals surface area (Å²) in [7, 11) is 0. The number of carbonyl (C=O) groups is 1. The summed E-state index contributed by atoms with van der Waals surface area (Å²) in [6, 6.07) is 14.0. The Morgan fingerprint density at radius 3 is 2.33 bits per heavy atom. The van der Waals surface area contributed by atoms with Crippen LogP contribution in [0.1, 0.15) is 83.4 Å². The number of benzene rings is 1. The third kappa shape index (κ3) is 7.15. The molecule has 0 amide bonds. The van der Waals surface area contributed by atoms with E-state index in [1.165, 1.54) is 0 Å². The molecule has 1 aliphatic heterocycles. The fourth-order valence-corrected chi connectivity index (χ4v) is 4.82. The van der Waals surface area contributed by atoms with Gasteiger partial charge in [-0.3, -0.25) is 9.97 Å². The van der Waals surface area contributed by atoms with E-state index in [9.17, 15) is 9.90 Å². The molecule has 1 N–H and O–H groups in total. The summed E-state index contributed by atoms with van der Waals surface area (Å²) in [5, 5.41) is 9.96. The molecule has 7 nitrogen and oxygen atoms in total. The topological polar surface area (TPSA) is 84.8 Å². The molecule has 3 heterocycles. The summed E-state index contributed by atoms with van der Waals surface area (Å²) >= 11 is 0. The lowest BCUT2D eigenvalue weighted by atomic mass is 9.82. The number of carboxylic acid groups (broad SMARTS) is 1. The summed E-state index contributed by atoms with van der Waals surface area (Å²) in [4.78, 5) is 23.8. The highest BCUT2D eigenvalue weighted by atomic mass is 16.5. The number of pyridine rings is 2. The minimum atomic E-state index is -1.13. The van der Waals surface area contributed by atoms with Gasteiger partial charge in [0.1, 0.15) is 6.10 Å². The van der Waals surface area contributed by atoms with E-state index in [4.69, 9.17) is 14.5 Å². The zero-order valence-corrected chi connectivity index (χ0v) is 24.2. The number of rotatable bonds is 8. The maximum absolute atomic E-state index is 12.2. The number of aryl methyl sites for hydroxylation is 1. The van der Waals surface area contributed by atoms with Crippen LogP contribution in [-0.4, -0.2) is 39.7 Å². The number of anilines is 1. The van der Waals surface area contributed by atoms with Crippen molar-refractivity contribution >= 4 is 11.7 Å². The van der Waals surface area contributed by atoms with E-state index in [0.717, 1.165) is 48.5 Å². The Hall–Kier alpha value is -3.45. The van der Waals surface area contributed by atoms with Gasteiger partial charge in [-0.25, -0.2) is 4.79 Å². The lowest BCUT2D eigenvalue weighted by molar-refractivity contribution is -0.160. The van der Waals surface area contributed by atoms with Gasteiger partial charge >= 0.3 is 5.97 Å². The molecule has 7 heteroatoms. The van der Waals surface area contributed by atoms with Gasteiger partial charge < -0.3 is 19.5 Å². The van der Waals surface area contributed by atoms with Gasteiger partial charge in [0.05, 0.1) is 23.2 Å². The largest absolute Gasteiger partial charge is 0.482 e. The molecule has 1 aliphatic rings. The Kier molecular flexibility index (Phi) is 8.31. The van der Waals surface area contributed by atoms with Gasteiger partial charge in [0.25, 0.3) is 0 Å². The van der Waals surface area contributed by atoms with Gasteiger partial charge in [0.2, 0.25) is 0 Å². The number of ether oxygens (including phenoxy) is 2. The number of hydrogen-bond donors (Lipinski definition) is 1. The van der Waals surface area contributed by atoms with Crippen LogP contribution in [0.5, 0.6) is 5.75 Å². The van der Waals surface area contributed by atoms with Gasteiger partial charge in [-0.15, -0.1) is 0 Å². The van der Waals surface area contributed by atoms with Crippen LogP contribution in [0.25, 0.3) is 11.3 Å². The van der Waals surface area contributed by atoms with E-state index < -0.39 is 17.7 Å². The highest BCUT2D eigenvalue weighted by Crippen LogP contribution is 2.39. The number of hydrogen-bond acceptors (Lipinski definition) is 6. The van der Waals surface area contributed by atoms with Crippen molar-refractivity contribution in [1.82, 2.24) is 9.97 Å². The fraction of sp³-hybridized carbons (Fsp3) is 0.469. The Morgan fingerprint density at radius 1 is 1.05 bits per heavy atom. The van der Waals surface area contributed by atoms with Crippen LogP contribution in [0, 0.1) is 12.3 Å². The van der Waals surface area contributed by atoms with Crippen LogP contribution in [0.15, 0.2) is 54.9 Å². The minimum Gasteiger partial charge on any atom is -0.482 e. The number of aromatic nitrogens is 2. The van der Waals surface area contributed by atoms with Crippen LogP contribution in [0.2, 0.25) is 0 Å². The first-order chi connectivity index (χ1) is 18.3. The zero-order valence-electron chi connectivity index (χ0n) is 24.2. The van der Waals surface area contributed by atoms with Crippen LogP contribution in [0.4, 0.5) is 5.69 Å². The van der Waals surface area contributed by atoms with E-state index >= 15 is 0 Å². The second-order valence-electron chi connectivity index (χ2n) is 12.2. The molecule has 1 saturated heterocycles. The summed E-state index contributed by atoms with van der Waals surface area (Å²) < 4.78 is 12.4. The number of piperidine rings is 1. The molecule has 2 unspecified atom stereocenters. The zero-order chi connectivity index (χ0) is 28.4. The lowest BCUT2D eigenvalue weighted by Gasteiger charge is -2.39. The fourth-order valence-electron chi connectivity index (χ4n) is 4.82. The molecule has 208 valence electrons. The van der Waals surface area contributed by atoms with Crippen molar-refractivity contribution in [2.24, 2.45) is 5.41 Å². The molecule has 39 heavy (non-hydrogen) atoms. The molecule has 1 fully saturated rings. The molecule has 0 bridgehead atoms. The van der Waals surface area contributed by atoms with Gasteiger partial charge in [0.15, 0.2) is 11.9 Å². The summed E-state index contributed by atoms with van der Waals surface area (Å²) in [6.07, 6.45) is 4.42. The predicted molar refractivity (Wildman–Crippen MR) is 154 cm³/mol. The molecule has 1 aromatic carbocycles. The molecule has 0 spiro atoms. The quantitative estimate of drug-likeness (QED) is 0.330. The number of carboxylic acids is 1. The summed E-state index contributed by atoms with van der Waals surface area (Å²) in [5.41, 5.74) is 4.34. The first-order valence-corrected chi connectivity index (χ1v) is 13.7. The van der Waals surface area contributed by atoms with Gasteiger partial charge in [-0.05, 0) is 70.6 Å². The van der Waals surface area contributed by atoms with E-state index in [1.54, 1.807) is 19.3 Å². The predicted octanol–water partition coefficient (Wildman–Crippen LogP) is 7.16. The standard InChI is InChI=1S/C32H41N3O4/c1-21-25(29(30(36)37)39-31(3,4)5)17-24(19-33-21)26-18-27(35-15-13-32(6,7)14-16-35)28(20-34-26)38-22(2)23-11-9-8-10-12-23/h8-12,17-20,22,29H,13-16H2,1-7H3,(H,36,37). The van der Waals surface area contributed by atoms with Crippen molar-refractivity contribution in [3.8, 4) is 17.0 Å². The minimum absolute atomic E-state index is 0.141. The maximum atomic E-state index is 12.2. The average Bonchev–Trinajstić information content (AvgIpc) is 2.88. The van der Waals surface area contributed by atoms with Crippen LogP contribution in [0.3, 0.4) is 0 Å². The Bertz CT molecular complexity index is 1290. The summed E-state index contributed by atoms with van der Waals surface area (Å²) in [5.74, 6) is -0.315. The Morgan fingerprint density at radius 2 is 1.72 bits per heavy atom. The molecule has 0 saturated carbocycles. The van der Waals surface area contributed by atoms with Crippen LogP contribution in [-0.2, 0) is 9.53 Å². The SMILES string of the molecule is Cc1ncc(-c2cc(N3CCC(C)(C)CC3)c(OC(C)c3ccccc3)cn2)cc1C(OC(C)(C)C)C(=O)O. The third-order valence-corrected chi connectivity index (χ3v) is 7.28. The first kappa shape index (κ1) is 28.6. The molecule has 3 aromatic rings. The second kappa shape index (κ2) is 11.3. The van der Waals surface area contributed by atoms with E-state index in [2.05, 4.69) is 35.9 Å². The Labute approximate surface area is 232 Å². The molecule has 2 aromatic heterocycles. The molecule has 4 rings (SSSR count). The van der Waals surface area contributed by atoms with Crippen molar-refractivity contribution < 1.29 is 19.4 Å². The lowest BCUT2D eigenvalue weighted by Crippen LogP contribution is -2.37.